The Morgan fingerprint density at radius 2 is 2.11 bits per heavy atom. The monoisotopic (exact) mass is 262 g/mol. The van der Waals surface area contributed by atoms with Crippen molar-refractivity contribution < 1.29 is 14.3 Å². The van der Waals surface area contributed by atoms with E-state index < -0.39 is 0 Å². The number of rotatable bonds is 4. The van der Waals surface area contributed by atoms with Crippen LogP contribution < -0.4 is 4.74 Å². The van der Waals surface area contributed by atoms with Crippen LogP contribution in [0.25, 0.3) is 0 Å². The van der Waals surface area contributed by atoms with Crippen LogP contribution in [0.15, 0.2) is 24.3 Å². The molecule has 19 heavy (non-hydrogen) atoms. The van der Waals surface area contributed by atoms with Gasteiger partial charge in [0.1, 0.15) is 5.75 Å². The highest BCUT2D eigenvalue weighted by atomic mass is 16.7. The molecular formula is C16H22O3. The molecule has 104 valence electrons. The molecule has 0 amide bonds. The summed E-state index contributed by atoms with van der Waals surface area (Å²) in [4.78, 5) is 11.6. The number of ketones is 1. The van der Waals surface area contributed by atoms with Gasteiger partial charge in [-0.3, -0.25) is 4.79 Å². The molecule has 0 saturated carbocycles. The average Bonchev–Trinajstić information content (AvgIpc) is 2.39. The molecule has 1 aromatic carbocycles. The summed E-state index contributed by atoms with van der Waals surface area (Å²) in [6, 6.07) is 7.37. The Morgan fingerprint density at radius 1 is 1.37 bits per heavy atom. The van der Waals surface area contributed by atoms with Crippen molar-refractivity contribution in [1.82, 2.24) is 0 Å². The number of ether oxygens (including phenoxy) is 2. The Hall–Kier alpha value is -1.35. The molecule has 2 unspecified atom stereocenters. The lowest BCUT2D eigenvalue weighted by Gasteiger charge is -2.34. The maximum absolute atomic E-state index is 11.6. The van der Waals surface area contributed by atoms with Gasteiger partial charge in [-0.15, -0.1) is 0 Å². The largest absolute Gasteiger partial charge is 0.464 e. The maximum atomic E-state index is 11.6. The van der Waals surface area contributed by atoms with E-state index in [1.807, 2.05) is 18.2 Å². The summed E-state index contributed by atoms with van der Waals surface area (Å²) >= 11 is 0. The lowest BCUT2D eigenvalue weighted by molar-refractivity contribution is -0.152. The summed E-state index contributed by atoms with van der Waals surface area (Å²) in [5.74, 6) is 1.55. The molecule has 2 rings (SSSR count). The minimum Gasteiger partial charge on any atom is -0.464 e. The summed E-state index contributed by atoms with van der Waals surface area (Å²) in [6.45, 7) is 6.67. The molecule has 2 atom stereocenters. The smallest absolute Gasteiger partial charge is 0.202 e. The zero-order chi connectivity index (χ0) is 13.8. The van der Waals surface area contributed by atoms with Crippen LogP contribution in [0, 0.1) is 11.8 Å². The molecule has 1 aliphatic rings. The second-order valence-corrected chi connectivity index (χ2v) is 5.46. The molecule has 1 fully saturated rings. The van der Waals surface area contributed by atoms with Crippen LogP contribution in [0.1, 0.15) is 44.0 Å². The van der Waals surface area contributed by atoms with Crippen molar-refractivity contribution in [3.63, 3.8) is 0 Å². The quantitative estimate of drug-likeness (QED) is 0.776. The predicted molar refractivity (Wildman–Crippen MR) is 74.4 cm³/mol. The number of Topliss-reactive ketones (excluding diaryl/α,β-unsaturated/α-hetero) is 1. The molecule has 0 N–H and O–H groups in total. The van der Waals surface area contributed by atoms with Crippen LogP contribution in [0.5, 0.6) is 5.75 Å². The van der Waals surface area contributed by atoms with Crippen LogP contribution in [-0.4, -0.2) is 18.7 Å². The fourth-order valence-electron chi connectivity index (χ4n) is 2.53. The van der Waals surface area contributed by atoms with Crippen LogP contribution >= 0.6 is 0 Å². The first-order valence-electron chi connectivity index (χ1n) is 6.98. The first-order chi connectivity index (χ1) is 9.09. The van der Waals surface area contributed by atoms with Crippen LogP contribution in [0.3, 0.4) is 0 Å². The highest BCUT2D eigenvalue weighted by molar-refractivity contribution is 5.96. The summed E-state index contributed by atoms with van der Waals surface area (Å²) in [5.41, 5.74) is 0.624. The number of para-hydroxylation sites is 1. The number of hydrogen-bond acceptors (Lipinski definition) is 3. The Labute approximate surface area is 114 Å². The van der Waals surface area contributed by atoms with Gasteiger partial charge in [0.15, 0.2) is 5.78 Å². The van der Waals surface area contributed by atoms with Gasteiger partial charge >= 0.3 is 0 Å². The summed E-state index contributed by atoms with van der Waals surface area (Å²) in [6.07, 6.45) is 1.95. The van der Waals surface area contributed by atoms with E-state index in [-0.39, 0.29) is 12.1 Å². The lowest BCUT2D eigenvalue weighted by atomic mass is 9.89. The average molecular weight is 262 g/mol. The van der Waals surface area contributed by atoms with Crippen LogP contribution in [0.2, 0.25) is 0 Å². The van der Waals surface area contributed by atoms with Crippen molar-refractivity contribution in [1.29, 1.82) is 0 Å². The molecular weight excluding hydrogens is 240 g/mol. The van der Waals surface area contributed by atoms with Crippen molar-refractivity contribution in [2.45, 2.75) is 39.9 Å². The maximum Gasteiger partial charge on any atom is 0.202 e. The van der Waals surface area contributed by atoms with E-state index in [1.54, 1.807) is 13.0 Å². The van der Waals surface area contributed by atoms with Crippen molar-refractivity contribution in [3.05, 3.63) is 29.8 Å². The van der Waals surface area contributed by atoms with E-state index in [4.69, 9.17) is 9.47 Å². The molecule has 1 saturated heterocycles. The topological polar surface area (TPSA) is 35.5 Å². The summed E-state index contributed by atoms with van der Waals surface area (Å²) in [5, 5.41) is 0. The van der Waals surface area contributed by atoms with E-state index in [9.17, 15) is 4.79 Å². The van der Waals surface area contributed by atoms with Crippen LogP contribution in [0.4, 0.5) is 0 Å². The number of hydrogen-bond donors (Lipinski definition) is 0. The fourth-order valence-corrected chi connectivity index (χ4v) is 2.53. The molecule has 0 radical (unpaired) electrons. The molecule has 0 spiro atoms. The molecule has 3 heteroatoms. The number of carbonyl (C=O) groups excluding carboxylic acids is 1. The third-order valence-electron chi connectivity index (χ3n) is 3.68. The third kappa shape index (κ3) is 3.35. The van der Waals surface area contributed by atoms with E-state index in [0.29, 0.717) is 23.1 Å². The molecule has 1 heterocycles. The van der Waals surface area contributed by atoms with E-state index in [0.717, 1.165) is 19.4 Å². The Morgan fingerprint density at radius 3 is 2.79 bits per heavy atom. The summed E-state index contributed by atoms with van der Waals surface area (Å²) in [7, 11) is 0. The number of carbonyl (C=O) groups is 1. The molecule has 0 aromatic heterocycles. The van der Waals surface area contributed by atoms with Crippen molar-refractivity contribution in [3.8, 4) is 5.75 Å². The van der Waals surface area contributed by atoms with Gasteiger partial charge in [-0.2, -0.15) is 0 Å². The molecule has 0 bridgehead atoms. The highest BCUT2D eigenvalue weighted by Gasteiger charge is 2.30. The lowest BCUT2D eigenvalue weighted by Crippen LogP contribution is -2.37. The van der Waals surface area contributed by atoms with Gasteiger partial charge in [-0.05, 0) is 37.8 Å². The number of benzene rings is 1. The summed E-state index contributed by atoms with van der Waals surface area (Å²) < 4.78 is 11.7. The predicted octanol–water partition coefficient (Wildman–Crippen LogP) is 3.68. The zero-order valence-electron chi connectivity index (χ0n) is 11.9. The van der Waals surface area contributed by atoms with Gasteiger partial charge in [0.25, 0.3) is 0 Å². The first kappa shape index (κ1) is 14.1. The first-order valence-corrected chi connectivity index (χ1v) is 6.98. The SMILES string of the molecule is CC(=O)c1ccccc1OC1OCCCC1C(C)C. The van der Waals surface area contributed by atoms with E-state index in [2.05, 4.69) is 13.8 Å². The van der Waals surface area contributed by atoms with Crippen molar-refractivity contribution >= 4 is 5.78 Å². The highest BCUT2D eigenvalue weighted by Crippen LogP contribution is 2.31. The minimum absolute atomic E-state index is 0.0208. The fraction of sp³-hybridized carbons (Fsp3) is 0.562. The van der Waals surface area contributed by atoms with Gasteiger partial charge in [0, 0.05) is 5.92 Å². The van der Waals surface area contributed by atoms with Crippen LogP contribution in [-0.2, 0) is 4.74 Å². The molecule has 1 aromatic rings. The van der Waals surface area contributed by atoms with E-state index in [1.165, 1.54) is 0 Å². The van der Waals surface area contributed by atoms with Gasteiger partial charge in [-0.25, -0.2) is 0 Å². The third-order valence-corrected chi connectivity index (χ3v) is 3.68. The Bertz CT molecular complexity index is 439. The molecule has 1 aliphatic heterocycles. The molecule has 0 aliphatic carbocycles. The normalized spacial score (nSPS) is 23.4. The second kappa shape index (κ2) is 6.20. The molecule has 3 nitrogen and oxygen atoms in total. The van der Waals surface area contributed by atoms with Crippen molar-refractivity contribution in [2.24, 2.45) is 11.8 Å². The van der Waals surface area contributed by atoms with Gasteiger partial charge in [-0.1, -0.05) is 26.0 Å². The van der Waals surface area contributed by atoms with Gasteiger partial charge < -0.3 is 9.47 Å². The Balaban J connectivity index is 2.17. The van der Waals surface area contributed by atoms with Gasteiger partial charge in [0.05, 0.1) is 12.2 Å². The Kier molecular flexibility index (Phi) is 4.59. The second-order valence-electron chi connectivity index (χ2n) is 5.46. The standard InChI is InChI=1S/C16H22O3/c1-11(2)13-8-6-10-18-16(13)19-15-9-5-4-7-14(15)12(3)17/h4-5,7,9,11,13,16H,6,8,10H2,1-3H3. The minimum atomic E-state index is -0.241. The van der Waals surface area contributed by atoms with E-state index >= 15 is 0 Å². The zero-order valence-corrected chi connectivity index (χ0v) is 11.9. The van der Waals surface area contributed by atoms with Crippen molar-refractivity contribution in [2.75, 3.05) is 6.61 Å². The van der Waals surface area contributed by atoms with Gasteiger partial charge in [0.2, 0.25) is 6.29 Å².